The van der Waals surface area contributed by atoms with Crippen LogP contribution in [0.5, 0.6) is 0 Å². The fourth-order valence-corrected chi connectivity index (χ4v) is 1.06. The van der Waals surface area contributed by atoms with Gasteiger partial charge in [-0.25, -0.2) is 4.98 Å². The van der Waals surface area contributed by atoms with Gasteiger partial charge in [0.05, 0.1) is 6.33 Å². The summed E-state index contributed by atoms with van der Waals surface area (Å²) in [6.45, 7) is 2.47. The molecule has 14 heavy (non-hydrogen) atoms. The molecule has 0 bridgehead atoms. The lowest BCUT2D eigenvalue weighted by Gasteiger charge is -2.07. The summed E-state index contributed by atoms with van der Waals surface area (Å²) in [6.07, 6.45) is 3.48. The second kappa shape index (κ2) is 6.33. The topological polar surface area (TPSA) is 64.8 Å². The minimum atomic E-state index is 0.674. The van der Waals surface area contributed by atoms with E-state index in [1.807, 2.05) is 0 Å². The zero-order valence-corrected chi connectivity index (χ0v) is 8.95. The fraction of sp³-hybridized carbons (Fsp3) is 0.500. The summed E-state index contributed by atoms with van der Waals surface area (Å²) in [5, 5.41) is 9.81. The van der Waals surface area contributed by atoms with Crippen LogP contribution in [0.3, 0.4) is 0 Å². The van der Waals surface area contributed by atoms with Gasteiger partial charge in [0.1, 0.15) is 0 Å². The number of H-pyrrole nitrogens is 1. The van der Waals surface area contributed by atoms with Gasteiger partial charge in [-0.3, -0.25) is 0 Å². The maximum absolute atomic E-state index is 4.92. The summed E-state index contributed by atoms with van der Waals surface area (Å²) in [6, 6.07) is 0. The lowest BCUT2D eigenvalue weighted by atomic mass is 10.4. The molecule has 1 aromatic heterocycles. The van der Waals surface area contributed by atoms with Gasteiger partial charge in [0.25, 0.3) is 0 Å². The van der Waals surface area contributed by atoms with Gasteiger partial charge in [0, 0.05) is 38.6 Å². The van der Waals surface area contributed by atoms with E-state index in [4.69, 9.17) is 12.2 Å². The molecule has 0 aliphatic rings. The zero-order valence-electron chi connectivity index (χ0n) is 8.13. The maximum atomic E-state index is 4.92. The fourth-order valence-electron chi connectivity index (χ4n) is 0.957. The minimum Gasteiger partial charge on any atom is -0.366 e. The number of hydrogen-bond donors (Lipinski definition) is 4. The molecule has 1 aromatic rings. The number of aromatic amines is 1. The first-order valence-electron chi connectivity index (χ1n) is 4.46. The number of rotatable bonds is 5. The Hall–Kier alpha value is -1.14. The molecule has 0 fully saturated rings. The van der Waals surface area contributed by atoms with Crippen LogP contribution in [0.1, 0.15) is 5.69 Å². The molecule has 0 saturated carbocycles. The van der Waals surface area contributed by atoms with Crippen molar-refractivity contribution in [1.82, 2.24) is 25.9 Å². The number of hydrogen-bond acceptors (Lipinski definition) is 3. The molecule has 1 rings (SSSR count). The van der Waals surface area contributed by atoms with E-state index in [-0.39, 0.29) is 0 Å². The summed E-state index contributed by atoms with van der Waals surface area (Å²) in [5.41, 5.74) is 1.08. The van der Waals surface area contributed by atoms with Crippen LogP contribution >= 0.6 is 12.2 Å². The van der Waals surface area contributed by atoms with Gasteiger partial charge < -0.3 is 20.9 Å². The van der Waals surface area contributed by atoms with Crippen LogP contribution in [-0.2, 0) is 6.54 Å². The Balaban J connectivity index is 1.97. The van der Waals surface area contributed by atoms with Crippen LogP contribution in [0.15, 0.2) is 12.5 Å². The highest BCUT2D eigenvalue weighted by molar-refractivity contribution is 7.80. The van der Waals surface area contributed by atoms with Crippen LogP contribution < -0.4 is 16.0 Å². The minimum absolute atomic E-state index is 0.674. The van der Waals surface area contributed by atoms with Gasteiger partial charge in [-0.2, -0.15) is 0 Å². The Kier molecular flexibility index (Phi) is 4.95. The number of nitrogens with one attached hydrogen (secondary N) is 4. The average molecular weight is 213 g/mol. The summed E-state index contributed by atoms with van der Waals surface area (Å²) >= 11 is 4.92. The Morgan fingerprint density at radius 2 is 2.43 bits per heavy atom. The molecule has 78 valence electrons. The van der Waals surface area contributed by atoms with Crippen molar-refractivity contribution in [2.24, 2.45) is 0 Å². The summed E-state index contributed by atoms with van der Waals surface area (Å²) in [5.74, 6) is 0. The smallest absolute Gasteiger partial charge is 0.166 e. The van der Waals surface area contributed by atoms with Crippen molar-refractivity contribution in [2.45, 2.75) is 6.54 Å². The molecule has 6 heteroatoms. The van der Waals surface area contributed by atoms with E-state index in [9.17, 15) is 0 Å². The third-order valence-corrected chi connectivity index (χ3v) is 2.03. The van der Waals surface area contributed by atoms with E-state index in [1.54, 1.807) is 19.6 Å². The molecule has 0 spiro atoms. The Bertz CT molecular complexity index is 259. The molecule has 0 aliphatic carbocycles. The number of aromatic nitrogens is 2. The highest BCUT2D eigenvalue weighted by Crippen LogP contribution is 1.87. The van der Waals surface area contributed by atoms with E-state index in [2.05, 4.69) is 25.9 Å². The van der Waals surface area contributed by atoms with Crippen LogP contribution in [0.25, 0.3) is 0 Å². The normalized spacial score (nSPS) is 9.79. The highest BCUT2D eigenvalue weighted by Gasteiger charge is 1.93. The van der Waals surface area contributed by atoms with Crippen LogP contribution in [0, 0.1) is 0 Å². The van der Waals surface area contributed by atoms with Crippen molar-refractivity contribution in [2.75, 3.05) is 20.1 Å². The van der Waals surface area contributed by atoms with Gasteiger partial charge in [0.15, 0.2) is 5.11 Å². The Morgan fingerprint density at radius 3 is 3.07 bits per heavy atom. The van der Waals surface area contributed by atoms with Crippen molar-refractivity contribution >= 4 is 17.3 Å². The predicted molar refractivity (Wildman–Crippen MR) is 60.0 cm³/mol. The Morgan fingerprint density at radius 1 is 1.57 bits per heavy atom. The van der Waals surface area contributed by atoms with E-state index in [1.165, 1.54) is 0 Å². The first-order valence-corrected chi connectivity index (χ1v) is 4.87. The highest BCUT2D eigenvalue weighted by atomic mass is 32.1. The monoisotopic (exact) mass is 213 g/mol. The quantitative estimate of drug-likeness (QED) is 0.396. The molecule has 0 radical (unpaired) electrons. The molecule has 0 saturated heterocycles. The molecule has 0 aromatic carbocycles. The molecule has 4 N–H and O–H groups in total. The van der Waals surface area contributed by atoms with Gasteiger partial charge >= 0.3 is 0 Å². The lowest BCUT2D eigenvalue weighted by Crippen LogP contribution is -2.37. The summed E-state index contributed by atoms with van der Waals surface area (Å²) in [7, 11) is 1.80. The molecule has 0 amide bonds. The molecular weight excluding hydrogens is 198 g/mol. The van der Waals surface area contributed by atoms with Crippen molar-refractivity contribution < 1.29 is 0 Å². The molecule has 0 unspecified atom stereocenters. The second-order valence-corrected chi connectivity index (χ2v) is 3.17. The van der Waals surface area contributed by atoms with Gasteiger partial charge in [-0.15, -0.1) is 0 Å². The average Bonchev–Trinajstić information content (AvgIpc) is 2.69. The van der Waals surface area contributed by atoms with E-state index in [0.717, 1.165) is 25.3 Å². The largest absolute Gasteiger partial charge is 0.366 e. The van der Waals surface area contributed by atoms with Crippen LogP contribution in [0.2, 0.25) is 0 Å². The van der Waals surface area contributed by atoms with Crippen molar-refractivity contribution in [3.63, 3.8) is 0 Å². The number of thiocarbonyl (C=S) groups is 1. The first-order chi connectivity index (χ1) is 6.83. The number of nitrogens with zero attached hydrogens (tertiary/aromatic N) is 1. The summed E-state index contributed by atoms with van der Waals surface area (Å²) in [4.78, 5) is 6.94. The van der Waals surface area contributed by atoms with E-state index >= 15 is 0 Å². The van der Waals surface area contributed by atoms with Crippen molar-refractivity contribution in [3.8, 4) is 0 Å². The SMILES string of the molecule is CNC(=S)NCCNCc1cnc[nH]1. The van der Waals surface area contributed by atoms with E-state index < -0.39 is 0 Å². The van der Waals surface area contributed by atoms with Crippen molar-refractivity contribution in [1.29, 1.82) is 0 Å². The summed E-state index contributed by atoms with van der Waals surface area (Å²) < 4.78 is 0. The second-order valence-electron chi connectivity index (χ2n) is 2.76. The van der Waals surface area contributed by atoms with Gasteiger partial charge in [0.2, 0.25) is 0 Å². The lowest BCUT2D eigenvalue weighted by molar-refractivity contribution is 0.662. The third kappa shape index (κ3) is 4.20. The Labute approximate surface area is 88.7 Å². The van der Waals surface area contributed by atoms with Crippen LogP contribution in [-0.4, -0.2) is 35.2 Å². The van der Waals surface area contributed by atoms with Gasteiger partial charge in [-0.05, 0) is 12.2 Å². The van der Waals surface area contributed by atoms with Gasteiger partial charge in [-0.1, -0.05) is 0 Å². The zero-order chi connectivity index (χ0) is 10.2. The van der Waals surface area contributed by atoms with Crippen LogP contribution in [0.4, 0.5) is 0 Å². The predicted octanol–water partition coefficient (Wildman–Crippen LogP) is -0.407. The molecule has 1 heterocycles. The molecule has 0 aliphatic heterocycles. The standard InChI is InChI=1S/C8H15N5S/c1-9-8(14)12-3-2-10-4-7-5-11-6-13-7/h5-6,10H,2-4H2,1H3,(H,11,13)(H2,9,12,14). The third-order valence-electron chi connectivity index (χ3n) is 1.68. The van der Waals surface area contributed by atoms with E-state index in [0.29, 0.717) is 5.11 Å². The molecule has 5 nitrogen and oxygen atoms in total. The molecule has 0 atom stereocenters. The molecular formula is C8H15N5S. The maximum Gasteiger partial charge on any atom is 0.166 e. The first kappa shape index (κ1) is 10.9. The van der Waals surface area contributed by atoms with Crippen molar-refractivity contribution in [3.05, 3.63) is 18.2 Å². The number of imidazole rings is 1.